The van der Waals surface area contributed by atoms with Gasteiger partial charge in [0.2, 0.25) is 0 Å². The Kier molecular flexibility index (Phi) is 6.03. The fraction of sp³-hybridized carbons (Fsp3) is 0.467. The van der Waals surface area contributed by atoms with Gasteiger partial charge >= 0.3 is 5.97 Å². The summed E-state index contributed by atoms with van der Waals surface area (Å²) in [6.07, 6.45) is 1.51. The number of carboxylic acid groups (broad SMARTS) is 1. The number of carbonyl (C=O) groups is 2. The maximum atomic E-state index is 11.9. The van der Waals surface area contributed by atoms with Crippen molar-refractivity contribution in [2.45, 2.75) is 18.9 Å². The predicted molar refractivity (Wildman–Crippen MR) is 80.1 cm³/mol. The first-order valence-corrected chi connectivity index (χ1v) is 7.42. The van der Waals surface area contributed by atoms with E-state index in [0.717, 1.165) is 6.42 Å². The molecule has 1 heterocycles. The van der Waals surface area contributed by atoms with Crippen LogP contribution in [0.1, 0.15) is 12.8 Å². The summed E-state index contributed by atoms with van der Waals surface area (Å²) in [6, 6.07) is 5.68. The molecule has 0 aliphatic carbocycles. The number of carboxylic acids is 1. The summed E-state index contributed by atoms with van der Waals surface area (Å²) in [6.45, 7) is 0.707. The molecule has 1 amide bonds. The van der Waals surface area contributed by atoms with Crippen molar-refractivity contribution < 1.29 is 24.2 Å². The van der Waals surface area contributed by atoms with Gasteiger partial charge in [-0.05, 0) is 31.0 Å². The first kappa shape index (κ1) is 16.6. The molecule has 2 unspecified atom stereocenters. The van der Waals surface area contributed by atoms with E-state index >= 15 is 0 Å². The molecule has 2 atom stereocenters. The molecule has 120 valence electrons. The largest absolute Gasteiger partial charge is 0.484 e. The second-order valence-corrected chi connectivity index (χ2v) is 5.54. The highest BCUT2D eigenvalue weighted by molar-refractivity contribution is 6.30. The van der Waals surface area contributed by atoms with E-state index in [9.17, 15) is 14.7 Å². The van der Waals surface area contributed by atoms with E-state index in [-0.39, 0.29) is 12.5 Å². The summed E-state index contributed by atoms with van der Waals surface area (Å²) in [5.74, 6) is -1.32. The molecule has 22 heavy (non-hydrogen) atoms. The van der Waals surface area contributed by atoms with Crippen LogP contribution in [0.3, 0.4) is 0 Å². The average molecular weight is 328 g/mol. The molecule has 1 saturated heterocycles. The van der Waals surface area contributed by atoms with E-state index in [1.165, 1.54) is 0 Å². The Hall–Kier alpha value is -1.79. The molecular formula is C15H18ClNO5. The maximum absolute atomic E-state index is 11.9. The molecule has 1 aromatic carbocycles. The minimum Gasteiger partial charge on any atom is -0.484 e. The van der Waals surface area contributed by atoms with Crippen LogP contribution in [0.2, 0.25) is 5.02 Å². The van der Waals surface area contributed by atoms with E-state index in [4.69, 9.17) is 21.1 Å². The topological polar surface area (TPSA) is 84.9 Å². The molecule has 0 radical (unpaired) electrons. The number of hydrogen-bond donors (Lipinski definition) is 2. The number of amides is 1. The van der Waals surface area contributed by atoms with Crippen molar-refractivity contribution in [2.24, 2.45) is 5.92 Å². The van der Waals surface area contributed by atoms with Gasteiger partial charge in [0.05, 0.1) is 6.61 Å². The summed E-state index contributed by atoms with van der Waals surface area (Å²) in [5, 5.41) is 12.3. The molecule has 0 saturated carbocycles. The fourth-order valence-electron chi connectivity index (χ4n) is 2.33. The molecule has 1 fully saturated rings. The first-order chi connectivity index (χ1) is 10.6. The van der Waals surface area contributed by atoms with Crippen LogP contribution in [0.25, 0.3) is 0 Å². The number of rotatable bonds is 6. The van der Waals surface area contributed by atoms with Gasteiger partial charge in [-0.3, -0.25) is 4.79 Å². The Labute approximate surface area is 133 Å². The van der Waals surface area contributed by atoms with Gasteiger partial charge in [-0.2, -0.15) is 0 Å². The van der Waals surface area contributed by atoms with E-state index in [1.807, 2.05) is 0 Å². The maximum Gasteiger partial charge on any atom is 0.326 e. The molecule has 1 aliphatic heterocycles. The summed E-state index contributed by atoms with van der Waals surface area (Å²) < 4.78 is 10.6. The lowest BCUT2D eigenvalue weighted by molar-refractivity contribution is -0.145. The third-order valence-corrected chi connectivity index (χ3v) is 3.65. The van der Waals surface area contributed by atoms with Crippen LogP contribution in [0, 0.1) is 5.92 Å². The predicted octanol–water partition coefficient (Wildman–Crippen LogP) is 1.71. The van der Waals surface area contributed by atoms with Gasteiger partial charge in [0.1, 0.15) is 11.8 Å². The molecule has 0 spiro atoms. The number of benzene rings is 1. The van der Waals surface area contributed by atoms with Crippen LogP contribution in [-0.2, 0) is 14.3 Å². The molecule has 1 aromatic rings. The zero-order chi connectivity index (χ0) is 15.9. The van der Waals surface area contributed by atoms with Crippen molar-refractivity contribution in [2.75, 3.05) is 19.8 Å². The lowest BCUT2D eigenvalue weighted by atomic mass is 9.94. The van der Waals surface area contributed by atoms with Crippen LogP contribution < -0.4 is 10.1 Å². The molecule has 1 aliphatic rings. The van der Waals surface area contributed by atoms with Crippen molar-refractivity contribution in [1.29, 1.82) is 0 Å². The number of aliphatic carboxylic acids is 1. The summed E-state index contributed by atoms with van der Waals surface area (Å²) in [7, 11) is 0. The summed E-state index contributed by atoms with van der Waals surface area (Å²) in [5.41, 5.74) is 0. The van der Waals surface area contributed by atoms with Gasteiger partial charge in [0.25, 0.3) is 5.91 Å². The monoisotopic (exact) mass is 327 g/mol. The Bertz CT molecular complexity index is 530. The Morgan fingerprint density at radius 3 is 2.95 bits per heavy atom. The van der Waals surface area contributed by atoms with Gasteiger partial charge < -0.3 is 19.9 Å². The van der Waals surface area contributed by atoms with E-state index in [0.29, 0.717) is 30.4 Å². The molecule has 0 aromatic heterocycles. The lowest BCUT2D eigenvalue weighted by Crippen LogP contribution is -2.49. The van der Waals surface area contributed by atoms with E-state index < -0.39 is 17.9 Å². The Morgan fingerprint density at radius 2 is 2.32 bits per heavy atom. The smallest absolute Gasteiger partial charge is 0.326 e. The van der Waals surface area contributed by atoms with Crippen molar-refractivity contribution in [3.8, 4) is 5.75 Å². The standard InChI is InChI=1S/C15H18ClNO5/c16-11-4-1-5-12(7-11)22-9-13(18)17-14(15(19)20)10-3-2-6-21-8-10/h1,4-5,7,10,14H,2-3,6,8-9H2,(H,17,18)(H,19,20). The molecule has 0 bridgehead atoms. The SMILES string of the molecule is O=C(COc1cccc(Cl)c1)NC(C(=O)O)C1CCCOC1. The highest BCUT2D eigenvalue weighted by atomic mass is 35.5. The number of halogens is 1. The minimum atomic E-state index is -1.06. The van der Waals surface area contributed by atoms with Crippen LogP contribution in [0.15, 0.2) is 24.3 Å². The lowest BCUT2D eigenvalue weighted by Gasteiger charge is -2.28. The Morgan fingerprint density at radius 1 is 1.50 bits per heavy atom. The van der Waals surface area contributed by atoms with Crippen molar-refractivity contribution in [3.05, 3.63) is 29.3 Å². The van der Waals surface area contributed by atoms with Gasteiger partial charge in [-0.1, -0.05) is 17.7 Å². The summed E-state index contributed by atoms with van der Waals surface area (Å²) in [4.78, 5) is 23.2. The van der Waals surface area contributed by atoms with Crippen LogP contribution in [0.5, 0.6) is 5.75 Å². The molecule has 7 heteroatoms. The molecule has 2 rings (SSSR count). The highest BCUT2D eigenvalue weighted by Crippen LogP contribution is 2.19. The number of nitrogens with one attached hydrogen (secondary N) is 1. The first-order valence-electron chi connectivity index (χ1n) is 7.04. The van der Waals surface area contributed by atoms with Crippen LogP contribution in [-0.4, -0.2) is 42.8 Å². The molecular weight excluding hydrogens is 310 g/mol. The number of carbonyl (C=O) groups excluding carboxylic acids is 1. The van der Waals surface area contributed by atoms with Crippen molar-refractivity contribution >= 4 is 23.5 Å². The van der Waals surface area contributed by atoms with Gasteiger partial charge in [-0.25, -0.2) is 4.79 Å². The highest BCUT2D eigenvalue weighted by Gasteiger charge is 2.31. The Balaban J connectivity index is 1.86. The normalized spacial score (nSPS) is 19.2. The number of hydrogen-bond acceptors (Lipinski definition) is 4. The zero-order valence-electron chi connectivity index (χ0n) is 12.0. The third kappa shape index (κ3) is 4.89. The van der Waals surface area contributed by atoms with Crippen molar-refractivity contribution in [1.82, 2.24) is 5.32 Å². The third-order valence-electron chi connectivity index (χ3n) is 3.42. The number of ether oxygens (including phenoxy) is 2. The van der Waals surface area contributed by atoms with Gasteiger partial charge in [0, 0.05) is 17.5 Å². The van der Waals surface area contributed by atoms with Crippen molar-refractivity contribution in [3.63, 3.8) is 0 Å². The van der Waals surface area contributed by atoms with Gasteiger partial charge in [-0.15, -0.1) is 0 Å². The average Bonchev–Trinajstić information content (AvgIpc) is 2.51. The fourth-order valence-corrected chi connectivity index (χ4v) is 2.51. The van der Waals surface area contributed by atoms with E-state index in [2.05, 4.69) is 5.32 Å². The zero-order valence-corrected chi connectivity index (χ0v) is 12.7. The quantitative estimate of drug-likeness (QED) is 0.831. The van der Waals surface area contributed by atoms with Crippen LogP contribution >= 0.6 is 11.6 Å². The second kappa shape index (κ2) is 8.00. The van der Waals surface area contributed by atoms with Gasteiger partial charge in [0.15, 0.2) is 6.61 Å². The summed E-state index contributed by atoms with van der Waals surface area (Å²) >= 11 is 5.82. The minimum absolute atomic E-state index is 0.221. The van der Waals surface area contributed by atoms with E-state index in [1.54, 1.807) is 24.3 Å². The van der Waals surface area contributed by atoms with Crippen LogP contribution in [0.4, 0.5) is 0 Å². The second-order valence-electron chi connectivity index (χ2n) is 5.11. The molecule has 6 nitrogen and oxygen atoms in total. The molecule has 2 N–H and O–H groups in total.